The number of esters is 1. The van der Waals surface area contributed by atoms with E-state index in [2.05, 4.69) is 10.6 Å². The van der Waals surface area contributed by atoms with Crippen LogP contribution < -0.4 is 10.6 Å². The van der Waals surface area contributed by atoms with Crippen LogP contribution in [0.1, 0.15) is 84.0 Å². The van der Waals surface area contributed by atoms with E-state index in [1.807, 2.05) is 30.3 Å². The van der Waals surface area contributed by atoms with E-state index < -0.39 is 53.2 Å². The first-order valence-electron chi connectivity index (χ1n) is 14.6. The molecule has 0 bridgehead atoms. The smallest absolute Gasteiger partial charge is 0.408 e. The predicted octanol–water partition coefficient (Wildman–Crippen LogP) is 4.72. The van der Waals surface area contributed by atoms with E-state index in [9.17, 15) is 24.3 Å². The predicted molar refractivity (Wildman–Crippen MR) is 162 cm³/mol. The average Bonchev–Trinajstić information content (AvgIpc) is 3.72. The molecule has 10 nitrogen and oxygen atoms in total. The summed E-state index contributed by atoms with van der Waals surface area (Å²) in [6.07, 6.45) is 0.667. The van der Waals surface area contributed by atoms with Gasteiger partial charge in [0.1, 0.15) is 35.1 Å². The summed E-state index contributed by atoms with van der Waals surface area (Å²) in [5.74, 6) is -1.93. The van der Waals surface area contributed by atoms with Crippen molar-refractivity contribution in [2.75, 3.05) is 0 Å². The molecule has 10 heteroatoms. The number of alkyl carbamates (subject to hydrolysis) is 1. The maximum absolute atomic E-state index is 14.3. The van der Waals surface area contributed by atoms with Gasteiger partial charge in [0, 0.05) is 18.0 Å². The van der Waals surface area contributed by atoms with Crippen molar-refractivity contribution in [3.8, 4) is 5.75 Å². The molecular weight excluding hydrogens is 550 g/mol. The van der Waals surface area contributed by atoms with Crippen LogP contribution in [-0.4, -0.2) is 63.2 Å². The van der Waals surface area contributed by atoms with Crippen LogP contribution in [0.3, 0.4) is 0 Å². The fraction of sp³-hybridized carbons (Fsp3) is 0.515. The minimum absolute atomic E-state index is 0.134. The maximum Gasteiger partial charge on any atom is 0.408 e. The minimum atomic E-state index is -1.29. The van der Waals surface area contributed by atoms with E-state index in [4.69, 9.17) is 9.47 Å². The van der Waals surface area contributed by atoms with Crippen molar-refractivity contribution in [3.63, 3.8) is 0 Å². The van der Waals surface area contributed by atoms with Crippen molar-refractivity contribution >= 4 is 23.9 Å². The number of benzene rings is 2. The van der Waals surface area contributed by atoms with Crippen LogP contribution in [0.15, 0.2) is 48.5 Å². The molecule has 3 N–H and O–H groups in total. The third-order valence-electron chi connectivity index (χ3n) is 6.68. The standard InChI is InChI=1S/C33H45N3O7/c1-20-13-12-16-24(27(20)37)26(36(23-17-18-23)29(39)21(2)34-31(41)43-33(6,7)8)28(38)35-25(30(40)42-32(3,4)5)19-22-14-10-9-11-15-22/h9-16,21,23,25-26,37H,17-19H2,1-8H3,(H,34,41)(H,35,38). The maximum atomic E-state index is 14.3. The largest absolute Gasteiger partial charge is 0.507 e. The molecule has 3 rings (SSSR count). The SMILES string of the molecule is Cc1cccc(C(C(=O)NC(Cc2ccccc2)C(=O)OC(C)(C)C)N(C(=O)C(C)NC(=O)OC(C)(C)C)C2CC2)c1O. The second kappa shape index (κ2) is 13.5. The molecule has 1 fully saturated rings. The van der Waals surface area contributed by atoms with Crippen LogP contribution in [-0.2, 0) is 30.3 Å². The zero-order valence-corrected chi connectivity index (χ0v) is 26.4. The lowest BCUT2D eigenvalue weighted by Crippen LogP contribution is -2.55. The molecule has 3 atom stereocenters. The fourth-order valence-corrected chi connectivity index (χ4v) is 4.63. The van der Waals surface area contributed by atoms with Crippen LogP contribution >= 0.6 is 0 Å². The first-order chi connectivity index (χ1) is 20.0. The van der Waals surface area contributed by atoms with E-state index in [0.29, 0.717) is 18.4 Å². The monoisotopic (exact) mass is 595 g/mol. The van der Waals surface area contributed by atoms with Crippen LogP contribution in [0.25, 0.3) is 0 Å². The number of para-hydroxylation sites is 1. The lowest BCUT2D eigenvalue weighted by molar-refractivity contribution is -0.159. The molecule has 0 aliphatic heterocycles. The number of aromatic hydroxyl groups is 1. The Morgan fingerprint density at radius 3 is 2.07 bits per heavy atom. The van der Waals surface area contributed by atoms with Gasteiger partial charge in [0.2, 0.25) is 11.8 Å². The zero-order chi connectivity index (χ0) is 32.1. The number of amides is 3. The van der Waals surface area contributed by atoms with Crippen molar-refractivity contribution in [3.05, 3.63) is 65.2 Å². The zero-order valence-electron chi connectivity index (χ0n) is 26.4. The third-order valence-corrected chi connectivity index (χ3v) is 6.68. The van der Waals surface area contributed by atoms with Crippen LogP contribution in [0.5, 0.6) is 5.75 Å². The Labute approximate surface area is 254 Å². The second-order valence-electron chi connectivity index (χ2n) is 13.0. The molecule has 1 saturated carbocycles. The summed E-state index contributed by atoms with van der Waals surface area (Å²) in [6.45, 7) is 13.6. The molecule has 43 heavy (non-hydrogen) atoms. The third kappa shape index (κ3) is 9.73. The molecule has 0 radical (unpaired) electrons. The normalized spacial score (nSPS) is 15.4. The first-order valence-corrected chi connectivity index (χ1v) is 14.6. The molecule has 3 amide bonds. The topological polar surface area (TPSA) is 134 Å². The molecule has 2 aromatic carbocycles. The van der Waals surface area contributed by atoms with E-state index in [0.717, 1.165) is 5.56 Å². The van der Waals surface area contributed by atoms with Crippen LogP contribution in [0, 0.1) is 6.92 Å². The summed E-state index contributed by atoms with van der Waals surface area (Å²) in [4.78, 5) is 55.4. The number of ether oxygens (including phenoxy) is 2. The van der Waals surface area contributed by atoms with Gasteiger partial charge in [0.25, 0.3) is 0 Å². The number of aryl methyl sites for hydroxylation is 1. The molecule has 2 aromatic rings. The Bertz CT molecular complexity index is 1310. The summed E-state index contributed by atoms with van der Waals surface area (Å²) >= 11 is 0. The molecule has 0 saturated heterocycles. The van der Waals surface area contributed by atoms with Gasteiger partial charge in [-0.2, -0.15) is 0 Å². The van der Waals surface area contributed by atoms with Gasteiger partial charge in [-0.3, -0.25) is 9.59 Å². The van der Waals surface area contributed by atoms with Crippen molar-refractivity contribution < 1.29 is 33.8 Å². The highest BCUT2D eigenvalue weighted by atomic mass is 16.6. The van der Waals surface area contributed by atoms with Gasteiger partial charge in [0.05, 0.1) is 0 Å². The van der Waals surface area contributed by atoms with Gasteiger partial charge in [-0.05, 0) is 79.4 Å². The molecule has 0 heterocycles. The summed E-state index contributed by atoms with van der Waals surface area (Å²) < 4.78 is 11.0. The van der Waals surface area contributed by atoms with Gasteiger partial charge in [-0.1, -0.05) is 48.5 Å². The number of hydrogen-bond acceptors (Lipinski definition) is 7. The number of nitrogens with zero attached hydrogens (tertiary/aromatic N) is 1. The van der Waals surface area contributed by atoms with Gasteiger partial charge in [0.15, 0.2) is 0 Å². The van der Waals surface area contributed by atoms with Gasteiger partial charge in [-0.25, -0.2) is 9.59 Å². The highest BCUT2D eigenvalue weighted by Gasteiger charge is 2.45. The van der Waals surface area contributed by atoms with Crippen LogP contribution in [0.2, 0.25) is 0 Å². The Morgan fingerprint density at radius 2 is 1.51 bits per heavy atom. The summed E-state index contributed by atoms with van der Waals surface area (Å²) in [6, 6.07) is 10.5. The number of rotatable bonds is 10. The molecule has 3 unspecified atom stereocenters. The first kappa shape index (κ1) is 33.4. The average molecular weight is 596 g/mol. The van der Waals surface area contributed by atoms with Crippen molar-refractivity contribution in [1.29, 1.82) is 0 Å². The lowest BCUT2D eigenvalue weighted by atomic mass is 9.98. The lowest BCUT2D eigenvalue weighted by Gasteiger charge is -2.35. The number of phenols is 1. The highest BCUT2D eigenvalue weighted by molar-refractivity contribution is 5.94. The summed E-state index contributed by atoms with van der Waals surface area (Å²) in [5, 5.41) is 16.5. The van der Waals surface area contributed by atoms with Crippen molar-refractivity contribution in [2.45, 2.75) is 110 Å². The number of carbonyl (C=O) groups is 4. The Hall–Kier alpha value is -4.08. The minimum Gasteiger partial charge on any atom is -0.507 e. The van der Waals surface area contributed by atoms with Gasteiger partial charge >= 0.3 is 12.1 Å². The number of carbonyl (C=O) groups excluding carboxylic acids is 4. The van der Waals surface area contributed by atoms with Gasteiger partial charge < -0.3 is 30.1 Å². The molecule has 234 valence electrons. The fourth-order valence-electron chi connectivity index (χ4n) is 4.63. The van der Waals surface area contributed by atoms with Crippen molar-refractivity contribution in [2.24, 2.45) is 0 Å². The van der Waals surface area contributed by atoms with E-state index in [1.165, 1.54) is 11.8 Å². The molecular formula is C33H45N3O7. The quantitative estimate of drug-likeness (QED) is 0.339. The molecule has 1 aliphatic rings. The number of phenolic OH excluding ortho intramolecular Hbond substituents is 1. The van der Waals surface area contributed by atoms with Crippen molar-refractivity contribution in [1.82, 2.24) is 15.5 Å². The van der Waals surface area contributed by atoms with E-state index in [-0.39, 0.29) is 23.8 Å². The second-order valence-corrected chi connectivity index (χ2v) is 13.0. The summed E-state index contributed by atoms with van der Waals surface area (Å²) in [5.41, 5.74) is -0.0342. The highest BCUT2D eigenvalue weighted by Crippen LogP contribution is 2.39. The molecule has 1 aliphatic carbocycles. The summed E-state index contributed by atoms with van der Waals surface area (Å²) in [7, 11) is 0. The Morgan fingerprint density at radius 1 is 0.907 bits per heavy atom. The number of nitrogens with one attached hydrogen (secondary N) is 2. The van der Waals surface area contributed by atoms with E-state index >= 15 is 0 Å². The molecule has 0 aromatic heterocycles. The van der Waals surface area contributed by atoms with Crippen LogP contribution in [0.4, 0.5) is 4.79 Å². The van der Waals surface area contributed by atoms with E-state index in [1.54, 1.807) is 66.7 Å². The van der Waals surface area contributed by atoms with Gasteiger partial charge in [-0.15, -0.1) is 0 Å². The Kier molecular flexibility index (Phi) is 10.5. The Balaban J connectivity index is 2.00. The number of hydrogen-bond donors (Lipinski definition) is 3. The molecule has 0 spiro atoms.